The number of ether oxygens (including phenoxy) is 4. The maximum Gasteiger partial charge on any atom is 0.231 e. The van der Waals surface area contributed by atoms with Crippen LogP contribution in [0.15, 0.2) is 42.5 Å². The molecule has 0 unspecified atom stereocenters. The molecule has 136 valence electrons. The fourth-order valence-corrected chi connectivity index (χ4v) is 3.91. The first-order valence-electron chi connectivity index (χ1n) is 9.31. The van der Waals surface area contributed by atoms with Gasteiger partial charge in [0.1, 0.15) is 5.75 Å². The van der Waals surface area contributed by atoms with Crippen LogP contribution in [0.25, 0.3) is 0 Å². The third kappa shape index (κ3) is 3.02. The Kier molecular flexibility index (Phi) is 3.98. The average Bonchev–Trinajstić information content (AvgIpc) is 3.15. The molecule has 2 aromatic rings. The van der Waals surface area contributed by atoms with Crippen molar-refractivity contribution in [2.24, 2.45) is 0 Å². The van der Waals surface area contributed by atoms with Gasteiger partial charge in [0.05, 0.1) is 6.61 Å². The topological polar surface area (TPSA) is 40.2 Å². The minimum absolute atomic E-state index is 0.329. The molecular formula is C21H23NO4. The molecule has 0 aromatic heterocycles. The predicted octanol–water partition coefficient (Wildman–Crippen LogP) is 3.36. The summed E-state index contributed by atoms with van der Waals surface area (Å²) in [6.45, 7) is 4.00. The van der Waals surface area contributed by atoms with Crippen molar-refractivity contribution in [1.82, 2.24) is 4.90 Å². The largest absolute Gasteiger partial charge is 0.462 e. The molecule has 3 heterocycles. The Balaban J connectivity index is 1.17. The maximum atomic E-state index is 6.24. The van der Waals surface area contributed by atoms with Crippen molar-refractivity contribution in [1.29, 1.82) is 0 Å². The predicted molar refractivity (Wildman–Crippen MR) is 96.5 cm³/mol. The summed E-state index contributed by atoms with van der Waals surface area (Å²) in [5.74, 6) is 2.25. The van der Waals surface area contributed by atoms with Crippen LogP contribution in [0.5, 0.6) is 17.2 Å². The van der Waals surface area contributed by atoms with Gasteiger partial charge < -0.3 is 23.8 Å². The van der Waals surface area contributed by atoms with Gasteiger partial charge in [-0.15, -0.1) is 0 Å². The van der Waals surface area contributed by atoms with E-state index in [4.69, 9.17) is 18.9 Å². The molecule has 5 rings (SSSR count). The van der Waals surface area contributed by atoms with E-state index >= 15 is 0 Å². The second-order valence-corrected chi connectivity index (χ2v) is 7.19. The van der Waals surface area contributed by atoms with Crippen LogP contribution in [0.3, 0.4) is 0 Å². The van der Waals surface area contributed by atoms with E-state index in [1.165, 1.54) is 5.56 Å². The number of hydrogen-bond acceptors (Lipinski definition) is 5. The lowest BCUT2D eigenvalue weighted by atomic mass is 10.0. The van der Waals surface area contributed by atoms with Gasteiger partial charge in [0, 0.05) is 38.0 Å². The fraction of sp³-hybridized carbons (Fsp3) is 0.429. The Bertz CT molecular complexity index is 798. The van der Waals surface area contributed by atoms with Crippen LogP contribution < -0.4 is 14.2 Å². The number of likely N-dealkylation sites (tertiary alicyclic amines) is 1. The van der Waals surface area contributed by atoms with Gasteiger partial charge in [-0.1, -0.05) is 24.3 Å². The van der Waals surface area contributed by atoms with Gasteiger partial charge in [-0.2, -0.15) is 0 Å². The zero-order valence-electron chi connectivity index (χ0n) is 14.8. The summed E-state index contributed by atoms with van der Waals surface area (Å²) in [6.07, 6.45) is 2.82. The highest BCUT2D eigenvalue weighted by molar-refractivity contribution is 5.44. The average molecular weight is 353 g/mol. The number of fused-ring (bicyclic) bond motifs is 2. The second-order valence-electron chi connectivity index (χ2n) is 7.19. The van der Waals surface area contributed by atoms with Crippen molar-refractivity contribution < 1.29 is 18.9 Å². The van der Waals surface area contributed by atoms with Gasteiger partial charge in [-0.05, 0) is 30.2 Å². The SMILES string of the molecule is c1ccc2c(c1)COC1(CCN(CCc3ccc4c(c3)OCO4)CC1)O2. The first-order valence-corrected chi connectivity index (χ1v) is 9.31. The standard InChI is InChI=1S/C21H23NO4/c1-2-4-18-17(3-1)14-25-21(26-18)8-11-22(12-9-21)10-7-16-5-6-19-20(13-16)24-15-23-19/h1-6,13H,7-12,14-15H2. The number of rotatable bonds is 3. The highest BCUT2D eigenvalue weighted by Gasteiger charge is 2.40. The molecule has 5 nitrogen and oxygen atoms in total. The summed E-state index contributed by atoms with van der Waals surface area (Å²) in [7, 11) is 0. The summed E-state index contributed by atoms with van der Waals surface area (Å²) in [6, 6.07) is 14.4. The Hall–Kier alpha value is -2.24. The number of hydrogen-bond donors (Lipinski definition) is 0. The van der Waals surface area contributed by atoms with Gasteiger partial charge in [0.2, 0.25) is 12.6 Å². The second kappa shape index (κ2) is 6.49. The lowest BCUT2D eigenvalue weighted by Gasteiger charge is -2.44. The number of piperidine rings is 1. The Morgan fingerprint density at radius 3 is 2.69 bits per heavy atom. The molecule has 0 radical (unpaired) electrons. The first-order chi connectivity index (χ1) is 12.8. The van der Waals surface area contributed by atoms with Crippen molar-refractivity contribution >= 4 is 0 Å². The minimum atomic E-state index is -0.441. The van der Waals surface area contributed by atoms with Crippen LogP contribution in [0.2, 0.25) is 0 Å². The molecule has 2 aromatic carbocycles. The lowest BCUT2D eigenvalue weighted by Crippen LogP contribution is -2.51. The van der Waals surface area contributed by atoms with E-state index in [-0.39, 0.29) is 0 Å². The van der Waals surface area contributed by atoms with E-state index in [9.17, 15) is 0 Å². The summed E-state index contributed by atoms with van der Waals surface area (Å²) in [5.41, 5.74) is 2.43. The van der Waals surface area contributed by atoms with Crippen LogP contribution in [0, 0.1) is 0 Å². The Labute approximate surface area is 153 Å². The van der Waals surface area contributed by atoms with E-state index in [1.54, 1.807) is 0 Å². The van der Waals surface area contributed by atoms with Crippen molar-refractivity contribution in [2.75, 3.05) is 26.4 Å². The normalized spacial score (nSPS) is 20.6. The van der Waals surface area contributed by atoms with Crippen LogP contribution in [0.1, 0.15) is 24.0 Å². The molecule has 0 amide bonds. The third-order valence-electron chi connectivity index (χ3n) is 5.53. The maximum absolute atomic E-state index is 6.24. The van der Waals surface area contributed by atoms with Gasteiger partial charge >= 0.3 is 0 Å². The van der Waals surface area contributed by atoms with Crippen LogP contribution in [0.4, 0.5) is 0 Å². The molecule has 0 atom stereocenters. The molecule has 0 N–H and O–H groups in total. The third-order valence-corrected chi connectivity index (χ3v) is 5.53. The first kappa shape index (κ1) is 16.0. The van der Waals surface area contributed by atoms with Crippen LogP contribution in [-0.4, -0.2) is 37.1 Å². The molecule has 26 heavy (non-hydrogen) atoms. The molecule has 0 aliphatic carbocycles. The molecule has 0 saturated carbocycles. The van der Waals surface area contributed by atoms with Gasteiger partial charge in [-0.3, -0.25) is 0 Å². The van der Waals surface area contributed by atoms with Gasteiger partial charge in [-0.25, -0.2) is 0 Å². The van der Waals surface area contributed by atoms with Crippen molar-refractivity contribution in [3.05, 3.63) is 53.6 Å². The molecule has 3 aliphatic heterocycles. The van der Waals surface area contributed by atoms with Crippen LogP contribution >= 0.6 is 0 Å². The van der Waals surface area contributed by atoms with Crippen molar-refractivity contribution in [2.45, 2.75) is 31.7 Å². The minimum Gasteiger partial charge on any atom is -0.462 e. The highest BCUT2D eigenvalue weighted by Crippen LogP contribution is 2.37. The van der Waals surface area contributed by atoms with E-state index in [0.29, 0.717) is 13.4 Å². The van der Waals surface area contributed by atoms with E-state index in [0.717, 1.165) is 61.7 Å². The molecule has 3 aliphatic rings. The molecule has 1 fully saturated rings. The van der Waals surface area contributed by atoms with E-state index in [2.05, 4.69) is 23.1 Å². The zero-order valence-corrected chi connectivity index (χ0v) is 14.8. The molecular weight excluding hydrogens is 330 g/mol. The van der Waals surface area contributed by atoms with Crippen LogP contribution in [-0.2, 0) is 17.8 Å². The summed E-state index contributed by atoms with van der Waals surface area (Å²) >= 11 is 0. The van der Waals surface area contributed by atoms with Gasteiger partial charge in [0.15, 0.2) is 11.5 Å². The number of para-hydroxylation sites is 1. The lowest BCUT2D eigenvalue weighted by molar-refractivity contribution is -0.228. The van der Waals surface area contributed by atoms with Gasteiger partial charge in [0.25, 0.3) is 0 Å². The quantitative estimate of drug-likeness (QED) is 0.846. The Morgan fingerprint density at radius 2 is 1.77 bits per heavy atom. The monoisotopic (exact) mass is 353 g/mol. The molecule has 5 heteroatoms. The summed E-state index contributed by atoms with van der Waals surface area (Å²) in [4.78, 5) is 2.49. The van der Waals surface area contributed by atoms with Crippen molar-refractivity contribution in [3.63, 3.8) is 0 Å². The Morgan fingerprint density at radius 1 is 0.923 bits per heavy atom. The molecule has 1 spiro atoms. The summed E-state index contributed by atoms with van der Waals surface area (Å²) in [5, 5.41) is 0. The molecule has 0 bridgehead atoms. The smallest absolute Gasteiger partial charge is 0.231 e. The number of benzene rings is 2. The highest BCUT2D eigenvalue weighted by atomic mass is 16.7. The fourth-order valence-electron chi connectivity index (χ4n) is 3.91. The molecule has 1 saturated heterocycles. The van der Waals surface area contributed by atoms with Crippen molar-refractivity contribution in [3.8, 4) is 17.2 Å². The summed E-state index contributed by atoms with van der Waals surface area (Å²) < 4.78 is 23.2. The number of nitrogens with zero attached hydrogens (tertiary/aromatic N) is 1. The zero-order chi connectivity index (χ0) is 17.4. The van der Waals surface area contributed by atoms with E-state index in [1.807, 2.05) is 24.3 Å². The van der Waals surface area contributed by atoms with E-state index < -0.39 is 5.79 Å².